The molecule has 148 valence electrons. The summed E-state index contributed by atoms with van der Waals surface area (Å²) in [6, 6.07) is 11.1. The van der Waals surface area contributed by atoms with E-state index in [9.17, 15) is 14.4 Å². The molecule has 0 unspecified atom stereocenters. The highest BCUT2D eigenvalue weighted by Crippen LogP contribution is 2.19. The minimum absolute atomic E-state index is 0.348. The summed E-state index contributed by atoms with van der Waals surface area (Å²) in [5.41, 5.74) is 1.50. The SMILES string of the molecule is CSCC[C@@H](C(=O)Nc1ccc2nc[nH]c2c1)n1c(=O)[nH]c2ccccc2c1=O. The van der Waals surface area contributed by atoms with Gasteiger partial charge in [-0.05, 0) is 48.8 Å². The van der Waals surface area contributed by atoms with Crippen molar-refractivity contribution in [1.29, 1.82) is 0 Å². The summed E-state index contributed by atoms with van der Waals surface area (Å²) in [7, 11) is 0. The Labute approximate surface area is 169 Å². The van der Waals surface area contributed by atoms with Gasteiger partial charge in [0.25, 0.3) is 5.56 Å². The van der Waals surface area contributed by atoms with E-state index in [1.54, 1.807) is 60.6 Å². The second kappa shape index (κ2) is 7.96. The van der Waals surface area contributed by atoms with Crippen LogP contribution in [0.5, 0.6) is 0 Å². The fraction of sp³-hybridized carbons (Fsp3) is 0.200. The third kappa shape index (κ3) is 3.68. The van der Waals surface area contributed by atoms with E-state index in [-0.39, 0.29) is 0 Å². The van der Waals surface area contributed by atoms with Gasteiger partial charge in [0.1, 0.15) is 6.04 Å². The first kappa shape index (κ1) is 19.0. The topological polar surface area (TPSA) is 113 Å². The number of hydrogen-bond acceptors (Lipinski definition) is 5. The summed E-state index contributed by atoms with van der Waals surface area (Å²) in [5.74, 6) is 0.205. The molecule has 0 spiro atoms. The van der Waals surface area contributed by atoms with E-state index in [0.29, 0.717) is 28.8 Å². The summed E-state index contributed by atoms with van der Waals surface area (Å²) in [6.45, 7) is 0. The van der Waals surface area contributed by atoms with Crippen LogP contribution in [0.2, 0.25) is 0 Å². The molecule has 0 saturated heterocycles. The Hall–Kier alpha value is -3.33. The van der Waals surface area contributed by atoms with Crippen LogP contribution in [0.1, 0.15) is 12.5 Å². The fourth-order valence-electron chi connectivity index (χ4n) is 3.30. The van der Waals surface area contributed by atoms with Crippen molar-refractivity contribution in [2.45, 2.75) is 12.5 Å². The summed E-state index contributed by atoms with van der Waals surface area (Å²) >= 11 is 1.55. The zero-order valence-electron chi connectivity index (χ0n) is 15.6. The monoisotopic (exact) mass is 409 g/mol. The molecule has 2 aromatic heterocycles. The molecule has 0 radical (unpaired) electrons. The number of para-hydroxylation sites is 1. The van der Waals surface area contributed by atoms with Gasteiger partial charge in [0.15, 0.2) is 0 Å². The third-order valence-corrected chi connectivity index (χ3v) is 5.38. The zero-order valence-corrected chi connectivity index (χ0v) is 16.5. The molecule has 3 N–H and O–H groups in total. The zero-order chi connectivity index (χ0) is 20.4. The number of amides is 1. The molecule has 2 aromatic carbocycles. The highest BCUT2D eigenvalue weighted by atomic mass is 32.2. The Bertz CT molecular complexity index is 1310. The van der Waals surface area contributed by atoms with Crippen LogP contribution in [0.15, 0.2) is 58.4 Å². The van der Waals surface area contributed by atoms with Gasteiger partial charge in [-0.15, -0.1) is 0 Å². The first-order valence-corrected chi connectivity index (χ1v) is 10.4. The van der Waals surface area contributed by atoms with E-state index in [1.165, 1.54) is 0 Å². The minimum Gasteiger partial charge on any atom is -0.345 e. The number of aromatic nitrogens is 4. The first-order chi connectivity index (χ1) is 14.1. The predicted octanol–water partition coefficient (Wildman–Crippen LogP) is 2.50. The molecule has 0 bridgehead atoms. The largest absolute Gasteiger partial charge is 0.345 e. The molecule has 4 aromatic rings. The lowest BCUT2D eigenvalue weighted by molar-refractivity contribution is -0.119. The fourth-order valence-corrected chi connectivity index (χ4v) is 3.76. The molecule has 4 rings (SSSR count). The average molecular weight is 409 g/mol. The van der Waals surface area contributed by atoms with Crippen molar-refractivity contribution >= 4 is 45.3 Å². The third-order valence-electron chi connectivity index (χ3n) is 4.73. The molecule has 1 atom stereocenters. The van der Waals surface area contributed by atoms with Crippen LogP contribution in [-0.4, -0.2) is 37.4 Å². The number of anilines is 1. The molecular weight excluding hydrogens is 390 g/mol. The van der Waals surface area contributed by atoms with Gasteiger partial charge in [-0.1, -0.05) is 12.1 Å². The highest BCUT2D eigenvalue weighted by molar-refractivity contribution is 7.98. The number of fused-ring (bicyclic) bond motifs is 2. The molecule has 0 saturated carbocycles. The molecule has 29 heavy (non-hydrogen) atoms. The highest BCUT2D eigenvalue weighted by Gasteiger charge is 2.25. The summed E-state index contributed by atoms with van der Waals surface area (Å²) in [4.78, 5) is 48.6. The molecule has 2 heterocycles. The second-order valence-corrected chi connectivity index (χ2v) is 7.56. The van der Waals surface area contributed by atoms with Crippen LogP contribution in [0.25, 0.3) is 21.9 Å². The van der Waals surface area contributed by atoms with Crippen molar-refractivity contribution in [3.05, 3.63) is 69.6 Å². The summed E-state index contributed by atoms with van der Waals surface area (Å²) in [6.07, 6.45) is 3.83. The van der Waals surface area contributed by atoms with Crippen LogP contribution in [0.3, 0.4) is 0 Å². The summed E-state index contributed by atoms with van der Waals surface area (Å²) < 4.78 is 1.02. The lowest BCUT2D eigenvalue weighted by Crippen LogP contribution is -2.43. The van der Waals surface area contributed by atoms with E-state index in [4.69, 9.17) is 0 Å². The molecule has 0 fully saturated rings. The maximum atomic E-state index is 13.1. The lowest BCUT2D eigenvalue weighted by Gasteiger charge is -2.19. The molecule has 0 aliphatic rings. The first-order valence-electron chi connectivity index (χ1n) is 9.05. The van der Waals surface area contributed by atoms with Crippen molar-refractivity contribution in [2.24, 2.45) is 0 Å². The number of nitrogens with zero attached hydrogens (tertiary/aromatic N) is 2. The normalized spacial score (nSPS) is 12.3. The van der Waals surface area contributed by atoms with Crippen molar-refractivity contribution < 1.29 is 4.79 Å². The van der Waals surface area contributed by atoms with Gasteiger partial charge in [0.05, 0.1) is 28.3 Å². The van der Waals surface area contributed by atoms with Crippen LogP contribution in [-0.2, 0) is 4.79 Å². The number of thioether (sulfide) groups is 1. The molecular formula is C20H19N5O3S. The van der Waals surface area contributed by atoms with E-state index in [0.717, 1.165) is 15.6 Å². The van der Waals surface area contributed by atoms with Crippen LogP contribution >= 0.6 is 11.8 Å². The molecule has 1 amide bonds. The van der Waals surface area contributed by atoms with Crippen LogP contribution in [0, 0.1) is 0 Å². The number of H-pyrrole nitrogens is 2. The van der Waals surface area contributed by atoms with Gasteiger partial charge in [0.2, 0.25) is 5.91 Å². The minimum atomic E-state index is -0.930. The average Bonchev–Trinajstić information content (AvgIpc) is 3.18. The van der Waals surface area contributed by atoms with Crippen molar-refractivity contribution in [1.82, 2.24) is 19.5 Å². The van der Waals surface area contributed by atoms with Crippen molar-refractivity contribution in [3.8, 4) is 0 Å². The Morgan fingerprint density at radius 1 is 1.21 bits per heavy atom. The van der Waals surface area contributed by atoms with Crippen LogP contribution < -0.4 is 16.6 Å². The Kier molecular flexibility index (Phi) is 5.22. The van der Waals surface area contributed by atoms with Gasteiger partial charge in [-0.25, -0.2) is 14.3 Å². The molecule has 0 aliphatic carbocycles. The van der Waals surface area contributed by atoms with Gasteiger partial charge < -0.3 is 15.3 Å². The van der Waals surface area contributed by atoms with E-state index < -0.39 is 23.2 Å². The smallest absolute Gasteiger partial charge is 0.329 e. The quantitative estimate of drug-likeness (QED) is 0.453. The number of carbonyl (C=O) groups excluding carboxylic acids is 1. The Morgan fingerprint density at radius 2 is 2.03 bits per heavy atom. The molecule has 0 aliphatic heterocycles. The number of aromatic amines is 2. The van der Waals surface area contributed by atoms with Gasteiger partial charge in [-0.2, -0.15) is 11.8 Å². The Morgan fingerprint density at radius 3 is 2.86 bits per heavy atom. The number of nitrogens with one attached hydrogen (secondary N) is 3. The maximum absolute atomic E-state index is 13.1. The number of carbonyl (C=O) groups is 1. The van der Waals surface area contributed by atoms with Gasteiger partial charge in [0, 0.05) is 5.69 Å². The van der Waals surface area contributed by atoms with E-state index >= 15 is 0 Å². The Balaban J connectivity index is 1.74. The standard InChI is InChI=1S/C20H19N5O3S/c1-29-9-8-17(18(26)23-12-6-7-15-16(10-12)22-11-21-15)25-19(27)13-4-2-3-5-14(13)24-20(25)28/h2-7,10-11,17H,8-9H2,1H3,(H,21,22)(H,23,26)(H,24,28)/t17-/m0/s1. The number of imidazole rings is 1. The summed E-state index contributed by atoms with van der Waals surface area (Å²) in [5, 5.41) is 3.19. The van der Waals surface area contributed by atoms with E-state index in [1.807, 2.05) is 6.26 Å². The maximum Gasteiger partial charge on any atom is 0.329 e. The number of rotatable bonds is 6. The second-order valence-electron chi connectivity index (χ2n) is 6.57. The predicted molar refractivity (Wildman–Crippen MR) is 116 cm³/mol. The lowest BCUT2D eigenvalue weighted by atomic mass is 10.1. The number of benzene rings is 2. The molecule has 8 nitrogen and oxygen atoms in total. The van der Waals surface area contributed by atoms with Gasteiger partial charge >= 0.3 is 5.69 Å². The van der Waals surface area contributed by atoms with E-state index in [2.05, 4.69) is 20.3 Å². The van der Waals surface area contributed by atoms with Gasteiger partial charge in [-0.3, -0.25) is 9.59 Å². The molecule has 9 heteroatoms. The van der Waals surface area contributed by atoms with Crippen LogP contribution in [0.4, 0.5) is 5.69 Å². The number of hydrogen-bond donors (Lipinski definition) is 3. The van der Waals surface area contributed by atoms with Crippen molar-refractivity contribution in [2.75, 3.05) is 17.3 Å². The van der Waals surface area contributed by atoms with Crippen molar-refractivity contribution in [3.63, 3.8) is 0 Å².